The van der Waals surface area contributed by atoms with Crippen LogP contribution in [0.3, 0.4) is 0 Å². The largest absolute Gasteiger partial charge is 0.350 e. The monoisotopic (exact) mass is 191 g/mol. The van der Waals surface area contributed by atoms with Gasteiger partial charge in [-0.05, 0) is 12.1 Å². The normalized spacial score (nSPS) is 10.4. The quantitative estimate of drug-likeness (QED) is 0.679. The lowest BCUT2D eigenvalue weighted by Gasteiger charge is -1.96. The maximum atomic E-state index is 11.1. The van der Waals surface area contributed by atoms with Crippen molar-refractivity contribution in [3.05, 3.63) is 30.3 Å². The van der Waals surface area contributed by atoms with Gasteiger partial charge in [0.15, 0.2) is 0 Å². The van der Waals surface area contributed by atoms with Crippen LogP contribution in [-0.4, -0.2) is 25.2 Å². The molecule has 0 fully saturated rings. The van der Waals surface area contributed by atoms with E-state index in [1.54, 1.807) is 0 Å². The number of nitrogens with two attached hydrogens (primary N) is 1. The summed E-state index contributed by atoms with van der Waals surface area (Å²) in [6, 6.07) is 9.28. The van der Waals surface area contributed by atoms with E-state index in [-0.39, 0.29) is 5.91 Å². The molecule has 3 N–H and O–H groups in total. The summed E-state index contributed by atoms with van der Waals surface area (Å²) in [7, 11) is 0. The Morgan fingerprint density at radius 2 is 2.14 bits per heavy atom. The highest BCUT2D eigenvalue weighted by molar-refractivity contribution is 6.26. The van der Waals surface area contributed by atoms with Gasteiger partial charge in [0.1, 0.15) is 0 Å². The average Bonchev–Trinajstić information content (AvgIpc) is 2.25. The van der Waals surface area contributed by atoms with Gasteiger partial charge < -0.3 is 11.1 Å². The first kappa shape index (κ1) is 10.4. The van der Waals surface area contributed by atoms with Crippen LogP contribution >= 0.6 is 0 Å². The predicted molar refractivity (Wildman–Crippen MR) is 56.7 cm³/mol. The summed E-state index contributed by atoms with van der Waals surface area (Å²) >= 11 is 0. The minimum atomic E-state index is -0.223. The minimum absolute atomic E-state index is 0.223. The molecule has 4 heteroatoms. The third-order valence-corrected chi connectivity index (χ3v) is 1.53. The fourth-order valence-corrected chi connectivity index (χ4v) is 0.888. The van der Waals surface area contributed by atoms with Crippen molar-refractivity contribution in [1.29, 1.82) is 0 Å². The molecule has 0 aliphatic heterocycles. The van der Waals surface area contributed by atoms with Gasteiger partial charge in [-0.1, -0.05) is 18.2 Å². The zero-order valence-corrected chi connectivity index (χ0v) is 7.81. The fraction of sp³-hybridized carbons (Fsp3) is 0.200. The number of carbonyl (C=O) groups excluding carboxylic acids is 1. The summed E-state index contributed by atoms with van der Waals surface area (Å²) in [6.45, 7) is 0.907. The Morgan fingerprint density at radius 1 is 1.43 bits per heavy atom. The van der Waals surface area contributed by atoms with E-state index >= 15 is 0 Å². The molecule has 0 bridgehead atoms. The molecule has 0 aliphatic carbocycles. The minimum Gasteiger partial charge on any atom is -0.350 e. The fourth-order valence-electron chi connectivity index (χ4n) is 0.888. The third kappa shape index (κ3) is 3.82. The van der Waals surface area contributed by atoms with Gasteiger partial charge in [-0.2, -0.15) is 0 Å². The number of benzene rings is 1. The van der Waals surface area contributed by atoms with Gasteiger partial charge in [0.05, 0.1) is 11.9 Å². The predicted octanol–water partition coefficient (Wildman–Crippen LogP) is 0.464. The molecule has 0 saturated heterocycles. The Labute approximate surface area is 82.8 Å². The molecule has 0 spiro atoms. The summed E-state index contributed by atoms with van der Waals surface area (Å²) in [5, 5.41) is 2.59. The molecule has 0 radical (unpaired) electrons. The molecule has 1 aromatic rings. The summed E-state index contributed by atoms with van der Waals surface area (Å²) in [6.07, 6.45) is 1.25. The molecule has 4 nitrogen and oxygen atoms in total. The SMILES string of the molecule is NCCNC(=O)C=Nc1ccccc1. The van der Waals surface area contributed by atoms with Crippen molar-refractivity contribution in [2.24, 2.45) is 10.7 Å². The number of hydrogen-bond acceptors (Lipinski definition) is 3. The molecule has 0 saturated carbocycles. The number of para-hydroxylation sites is 1. The topological polar surface area (TPSA) is 67.5 Å². The number of amides is 1. The van der Waals surface area contributed by atoms with Gasteiger partial charge in [0, 0.05) is 13.1 Å². The van der Waals surface area contributed by atoms with Crippen LogP contribution in [0.4, 0.5) is 5.69 Å². The van der Waals surface area contributed by atoms with Gasteiger partial charge in [0.2, 0.25) is 0 Å². The van der Waals surface area contributed by atoms with E-state index in [4.69, 9.17) is 5.73 Å². The van der Waals surface area contributed by atoms with Crippen LogP contribution in [0.25, 0.3) is 0 Å². The zero-order chi connectivity index (χ0) is 10.2. The lowest BCUT2D eigenvalue weighted by molar-refractivity contribution is -0.114. The summed E-state index contributed by atoms with van der Waals surface area (Å²) < 4.78 is 0. The number of carbonyl (C=O) groups is 1. The molecule has 0 unspecified atom stereocenters. The lowest BCUT2D eigenvalue weighted by atomic mass is 10.3. The van der Waals surface area contributed by atoms with E-state index in [9.17, 15) is 4.79 Å². The smallest absolute Gasteiger partial charge is 0.262 e. The Hall–Kier alpha value is -1.68. The second-order valence-corrected chi connectivity index (χ2v) is 2.67. The Balaban J connectivity index is 2.44. The van der Waals surface area contributed by atoms with Crippen LogP contribution in [-0.2, 0) is 4.79 Å². The standard InChI is InChI=1S/C10H13N3O/c11-6-7-12-10(14)8-13-9-4-2-1-3-5-9/h1-5,8H,6-7,11H2,(H,12,14). The van der Waals surface area contributed by atoms with Crippen LogP contribution < -0.4 is 11.1 Å². The van der Waals surface area contributed by atoms with Crippen molar-refractivity contribution in [2.45, 2.75) is 0 Å². The molecule has 1 amide bonds. The van der Waals surface area contributed by atoms with E-state index in [1.807, 2.05) is 30.3 Å². The highest BCUT2D eigenvalue weighted by Gasteiger charge is 1.93. The van der Waals surface area contributed by atoms with Gasteiger partial charge in [0.25, 0.3) is 5.91 Å². The maximum Gasteiger partial charge on any atom is 0.262 e. The Bertz CT molecular complexity index is 308. The van der Waals surface area contributed by atoms with Crippen LogP contribution in [0.2, 0.25) is 0 Å². The van der Waals surface area contributed by atoms with Crippen molar-refractivity contribution < 1.29 is 4.79 Å². The van der Waals surface area contributed by atoms with E-state index in [1.165, 1.54) is 6.21 Å². The van der Waals surface area contributed by atoms with Crippen LogP contribution in [0, 0.1) is 0 Å². The van der Waals surface area contributed by atoms with E-state index in [0.717, 1.165) is 5.69 Å². The van der Waals surface area contributed by atoms with Crippen molar-refractivity contribution in [3.8, 4) is 0 Å². The van der Waals surface area contributed by atoms with Crippen LogP contribution in [0.5, 0.6) is 0 Å². The molecule has 1 aromatic carbocycles. The van der Waals surface area contributed by atoms with Gasteiger partial charge in [-0.3, -0.25) is 9.79 Å². The second-order valence-electron chi connectivity index (χ2n) is 2.67. The Morgan fingerprint density at radius 3 is 2.79 bits per heavy atom. The van der Waals surface area contributed by atoms with Gasteiger partial charge in [-0.15, -0.1) is 0 Å². The number of hydrogen-bond donors (Lipinski definition) is 2. The molecular formula is C10H13N3O. The molecular weight excluding hydrogens is 178 g/mol. The van der Waals surface area contributed by atoms with Crippen molar-refractivity contribution >= 4 is 17.8 Å². The highest BCUT2D eigenvalue weighted by Crippen LogP contribution is 2.07. The number of nitrogens with zero attached hydrogens (tertiary/aromatic N) is 1. The first-order valence-electron chi connectivity index (χ1n) is 4.40. The number of rotatable bonds is 4. The van der Waals surface area contributed by atoms with Crippen molar-refractivity contribution in [1.82, 2.24) is 5.32 Å². The highest BCUT2D eigenvalue weighted by atomic mass is 16.1. The van der Waals surface area contributed by atoms with E-state index in [0.29, 0.717) is 13.1 Å². The summed E-state index contributed by atoms with van der Waals surface area (Å²) in [5.41, 5.74) is 5.98. The molecule has 14 heavy (non-hydrogen) atoms. The van der Waals surface area contributed by atoms with E-state index < -0.39 is 0 Å². The Kier molecular flexibility index (Phi) is 4.37. The average molecular weight is 191 g/mol. The van der Waals surface area contributed by atoms with Crippen LogP contribution in [0.15, 0.2) is 35.3 Å². The molecule has 1 rings (SSSR count). The zero-order valence-electron chi connectivity index (χ0n) is 7.81. The number of nitrogens with one attached hydrogen (secondary N) is 1. The second kappa shape index (κ2) is 5.88. The summed E-state index contributed by atoms with van der Waals surface area (Å²) in [4.78, 5) is 15.0. The molecule has 0 atom stereocenters. The molecule has 0 aromatic heterocycles. The molecule has 0 aliphatic rings. The maximum absolute atomic E-state index is 11.1. The van der Waals surface area contributed by atoms with Gasteiger partial charge in [-0.25, -0.2) is 0 Å². The van der Waals surface area contributed by atoms with Crippen molar-refractivity contribution in [3.63, 3.8) is 0 Å². The van der Waals surface area contributed by atoms with Crippen LogP contribution in [0.1, 0.15) is 0 Å². The van der Waals surface area contributed by atoms with Gasteiger partial charge >= 0.3 is 0 Å². The van der Waals surface area contributed by atoms with E-state index in [2.05, 4.69) is 10.3 Å². The first-order chi connectivity index (χ1) is 6.83. The molecule has 0 heterocycles. The lowest BCUT2D eigenvalue weighted by Crippen LogP contribution is -2.29. The first-order valence-corrected chi connectivity index (χ1v) is 4.40. The number of aliphatic imine (C=N–C) groups is 1. The third-order valence-electron chi connectivity index (χ3n) is 1.53. The van der Waals surface area contributed by atoms with Crippen molar-refractivity contribution in [2.75, 3.05) is 13.1 Å². The summed E-state index contributed by atoms with van der Waals surface area (Å²) in [5.74, 6) is -0.223. The molecule has 74 valence electrons.